The topological polar surface area (TPSA) is 36.9 Å². The summed E-state index contributed by atoms with van der Waals surface area (Å²) in [5.74, 6) is 0. The lowest BCUT2D eigenvalue weighted by atomic mass is 9.90. The fourth-order valence-corrected chi connectivity index (χ4v) is 4.62. The van der Waals surface area contributed by atoms with Crippen molar-refractivity contribution in [2.45, 2.75) is 89.2 Å². The third-order valence-corrected chi connectivity index (χ3v) is 10.0. The summed E-state index contributed by atoms with van der Waals surface area (Å²) in [5.41, 5.74) is -0.441. The van der Waals surface area contributed by atoms with Crippen LogP contribution < -0.4 is 0 Å². The second-order valence-electron chi connectivity index (χ2n) is 7.98. The minimum absolute atomic E-state index is 0.0155. The summed E-state index contributed by atoms with van der Waals surface area (Å²) in [6.45, 7) is 16.2. The molecule has 0 aromatic heterocycles. The molecule has 0 aromatic carbocycles. The molecule has 0 spiro atoms. The zero-order chi connectivity index (χ0) is 16.1. The Kier molecular flexibility index (Phi) is 4.65. The molecule has 2 unspecified atom stereocenters. The van der Waals surface area contributed by atoms with Crippen LogP contribution in [0.2, 0.25) is 18.1 Å². The maximum absolute atomic E-state index is 6.72. The van der Waals surface area contributed by atoms with Gasteiger partial charge in [-0.25, -0.2) is 0 Å². The van der Waals surface area contributed by atoms with Gasteiger partial charge in [-0.05, 0) is 31.5 Å². The number of hydrogen-bond acceptors (Lipinski definition) is 4. The van der Waals surface area contributed by atoms with Crippen molar-refractivity contribution >= 4 is 8.32 Å². The maximum Gasteiger partial charge on any atom is 0.192 e. The monoisotopic (exact) mass is 316 g/mol. The molecule has 0 radical (unpaired) electrons. The van der Waals surface area contributed by atoms with E-state index in [1.54, 1.807) is 7.11 Å². The van der Waals surface area contributed by atoms with Crippen molar-refractivity contribution in [2.24, 2.45) is 0 Å². The molecule has 2 saturated heterocycles. The van der Waals surface area contributed by atoms with Crippen LogP contribution in [0.1, 0.15) is 41.0 Å². The van der Waals surface area contributed by atoms with Gasteiger partial charge in [0.15, 0.2) is 8.32 Å². The number of ether oxygens (including phenoxy) is 3. The van der Waals surface area contributed by atoms with E-state index < -0.39 is 13.9 Å². The molecule has 5 heteroatoms. The highest BCUT2D eigenvalue weighted by Crippen LogP contribution is 2.48. The molecular weight excluding hydrogens is 284 g/mol. The van der Waals surface area contributed by atoms with Gasteiger partial charge >= 0.3 is 0 Å². The fourth-order valence-electron chi connectivity index (χ4n) is 3.29. The SMILES string of the molecule is CC[C@H](OC)C12COC([C@H](C)O1)[C@@H]2O[Si](C)(C)C(C)(C)C. The Hall–Kier alpha value is 0.0569. The Morgan fingerprint density at radius 3 is 2.38 bits per heavy atom. The van der Waals surface area contributed by atoms with Crippen molar-refractivity contribution in [1.29, 1.82) is 0 Å². The van der Waals surface area contributed by atoms with Gasteiger partial charge in [0.05, 0.1) is 18.8 Å². The van der Waals surface area contributed by atoms with Gasteiger partial charge in [0, 0.05) is 7.11 Å². The minimum Gasteiger partial charge on any atom is -0.408 e. The van der Waals surface area contributed by atoms with E-state index in [-0.39, 0.29) is 29.5 Å². The molecule has 0 aromatic rings. The predicted molar refractivity (Wildman–Crippen MR) is 86.2 cm³/mol. The third kappa shape index (κ3) is 2.72. The molecule has 124 valence electrons. The van der Waals surface area contributed by atoms with E-state index in [4.69, 9.17) is 18.6 Å². The molecule has 2 bridgehead atoms. The van der Waals surface area contributed by atoms with Crippen LogP contribution in [-0.2, 0) is 18.6 Å². The Morgan fingerprint density at radius 1 is 1.33 bits per heavy atom. The quantitative estimate of drug-likeness (QED) is 0.729. The zero-order valence-corrected chi connectivity index (χ0v) is 15.9. The van der Waals surface area contributed by atoms with Crippen LogP contribution >= 0.6 is 0 Å². The average molecular weight is 317 g/mol. The molecule has 2 aliphatic rings. The van der Waals surface area contributed by atoms with E-state index in [9.17, 15) is 0 Å². The van der Waals surface area contributed by atoms with Gasteiger partial charge in [-0.3, -0.25) is 0 Å². The van der Waals surface area contributed by atoms with Gasteiger partial charge in [0.2, 0.25) is 0 Å². The van der Waals surface area contributed by atoms with E-state index in [2.05, 4.69) is 47.7 Å². The van der Waals surface area contributed by atoms with Crippen LogP contribution in [0.25, 0.3) is 0 Å². The van der Waals surface area contributed by atoms with Crippen LogP contribution in [0.3, 0.4) is 0 Å². The molecule has 0 aliphatic carbocycles. The lowest BCUT2D eigenvalue weighted by Crippen LogP contribution is -2.56. The van der Waals surface area contributed by atoms with Crippen molar-refractivity contribution in [3.63, 3.8) is 0 Å². The highest BCUT2D eigenvalue weighted by atomic mass is 28.4. The largest absolute Gasteiger partial charge is 0.408 e. The van der Waals surface area contributed by atoms with Crippen LogP contribution in [-0.4, -0.2) is 52.1 Å². The van der Waals surface area contributed by atoms with Gasteiger partial charge in [0.1, 0.15) is 17.8 Å². The minimum atomic E-state index is -1.88. The Balaban J connectivity index is 2.29. The second-order valence-corrected chi connectivity index (χ2v) is 12.7. The highest BCUT2D eigenvalue weighted by Gasteiger charge is 2.65. The van der Waals surface area contributed by atoms with E-state index in [0.717, 1.165) is 6.42 Å². The normalized spacial score (nSPS) is 38.0. The summed E-state index contributed by atoms with van der Waals surface area (Å²) in [6, 6.07) is 0. The summed E-state index contributed by atoms with van der Waals surface area (Å²) in [4.78, 5) is 0. The molecule has 2 fully saturated rings. The Labute approximate surface area is 130 Å². The lowest BCUT2D eigenvalue weighted by molar-refractivity contribution is -0.189. The highest BCUT2D eigenvalue weighted by molar-refractivity contribution is 6.74. The van der Waals surface area contributed by atoms with Crippen molar-refractivity contribution < 1.29 is 18.6 Å². The van der Waals surface area contributed by atoms with E-state index in [1.807, 2.05) is 0 Å². The Bertz CT molecular complexity index is 375. The van der Waals surface area contributed by atoms with E-state index in [0.29, 0.717) is 6.61 Å². The fraction of sp³-hybridized carbons (Fsp3) is 1.00. The molecule has 2 rings (SSSR count). The Morgan fingerprint density at radius 2 is 1.95 bits per heavy atom. The lowest BCUT2D eigenvalue weighted by Gasteiger charge is -2.43. The number of hydrogen-bond donors (Lipinski definition) is 0. The van der Waals surface area contributed by atoms with Crippen LogP contribution in [0, 0.1) is 0 Å². The predicted octanol–water partition coefficient (Wildman–Crippen LogP) is 3.36. The van der Waals surface area contributed by atoms with Gasteiger partial charge in [-0.15, -0.1) is 0 Å². The average Bonchev–Trinajstić information content (AvgIpc) is 2.80. The molecule has 21 heavy (non-hydrogen) atoms. The van der Waals surface area contributed by atoms with Crippen LogP contribution in [0.4, 0.5) is 0 Å². The summed E-state index contributed by atoms with van der Waals surface area (Å²) >= 11 is 0. The van der Waals surface area contributed by atoms with E-state index in [1.165, 1.54) is 0 Å². The van der Waals surface area contributed by atoms with Gasteiger partial charge in [-0.2, -0.15) is 0 Å². The summed E-state index contributed by atoms with van der Waals surface area (Å²) in [6.07, 6.45) is 0.998. The zero-order valence-electron chi connectivity index (χ0n) is 14.9. The summed E-state index contributed by atoms with van der Waals surface area (Å²) < 4.78 is 24.8. The van der Waals surface area contributed by atoms with E-state index >= 15 is 0 Å². The van der Waals surface area contributed by atoms with Crippen LogP contribution in [0.15, 0.2) is 0 Å². The first-order chi connectivity index (χ1) is 9.59. The first kappa shape index (κ1) is 17.4. The first-order valence-electron chi connectivity index (χ1n) is 8.09. The number of rotatable bonds is 5. The molecule has 0 amide bonds. The standard InChI is InChI=1S/C16H32O4Si/c1-9-12(17-6)16-10-18-13(11(2)19-16)14(16)20-21(7,8)15(3,4)5/h11-14H,9-10H2,1-8H3/t11-,12-,13?,14-,16?/m0/s1. The first-order valence-corrected chi connectivity index (χ1v) is 11.0. The van der Waals surface area contributed by atoms with Crippen LogP contribution in [0.5, 0.6) is 0 Å². The van der Waals surface area contributed by atoms with Crippen molar-refractivity contribution in [3.8, 4) is 0 Å². The molecule has 2 aliphatic heterocycles. The number of methoxy groups -OCH3 is 1. The molecule has 2 heterocycles. The van der Waals surface area contributed by atoms with Crippen molar-refractivity contribution in [2.75, 3.05) is 13.7 Å². The second kappa shape index (κ2) is 5.60. The molecule has 5 atom stereocenters. The van der Waals surface area contributed by atoms with Gasteiger partial charge in [0.25, 0.3) is 0 Å². The summed E-state index contributed by atoms with van der Waals surface area (Å²) in [7, 11) is -0.121. The third-order valence-electron chi connectivity index (χ3n) is 5.58. The molecule has 0 saturated carbocycles. The number of fused-ring (bicyclic) bond motifs is 2. The smallest absolute Gasteiger partial charge is 0.192 e. The van der Waals surface area contributed by atoms with Crippen molar-refractivity contribution in [1.82, 2.24) is 0 Å². The van der Waals surface area contributed by atoms with Crippen molar-refractivity contribution in [3.05, 3.63) is 0 Å². The van der Waals surface area contributed by atoms with Gasteiger partial charge < -0.3 is 18.6 Å². The molecular formula is C16H32O4Si. The van der Waals surface area contributed by atoms with Gasteiger partial charge in [-0.1, -0.05) is 27.7 Å². The molecule has 0 N–H and O–H groups in total. The summed E-state index contributed by atoms with van der Waals surface area (Å²) in [5, 5.41) is 0.175. The molecule has 4 nitrogen and oxygen atoms in total. The maximum atomic E-state index is 6.72.